The molecular formula is C29H28ClN3O5S. The van der Waals surface area contributed by atoms with Crippen molar-refractivity contribution in [3.05, 3.63) is 82.2 Å². The van der Waals surface area contributed by atoms with Gasteiger partial charge in [-0.2, -0.15) is 0 Å². The molecule has 1 fully saturated rings. The van der Waals surface area contributed by atoms with Gasteiger partial charge in [0.1, 0.15) is 5.75 Å². The molecule has 202 valence electrons. The summed E-state index contributed by atoms with van der Waals surface area (Å²) in [5.74, 6) is 0.878. The number of benzene rings is 3. The number of carbonyl (C=O) groups is 2. The van der Waals surface area contributed by atoms with Gasteiger partial charge in [-0.25, -0.2) is 4.99 Å². The average molecular weight is 566 g/mol. The first-order valence-electron chi connectivity index (χ1n) is 12.3. The maximum atomic E-state index is 13.1. The highest BCUT2D eigenvalue weighted by atomic mass is 35.5. The SMILES string of the molecule is CCOc1cc(/C=C2/SC(=Nc3ccc(OC)cc3)N(CC)C2=O)cc(Cl)c1OCC(=O)Nc1ccccc1. The second-order valence-electron chi connectivity index (χ2n) is 8.22. The van der Waals surface area contributed by atoms with Crippen LogP contribution in [-0.2, 0) is 9.59 Å². The Morgan fingerprint density at radius 1 is 1.08 bits per heavy atom. The molecule has 1 aliphatic rings. The van der Waals surface area contributed by atoms with Gasteiger partial charge in [-0.15, -0.1) is 0 Å². The van der Waals surface area contributed by atoms with Gasteiger partial charge in [-0.05, 0) is 85.8 Å². The van der Waals surface area contributed by atoms with Crippen LogP contribution >= 0.6 is 23.4 Å². The molecule has 1 aliphatic heterocycles. The van der Waals surface area contributed by atoms with E-state index < -0.39 is 0 Å². The zero-order chi connectivity index (χ0) is 27.8. The number of methoxy groups -OCH3 is 1. The monoisotopic (exact) mass is 565 g/mol. The van der Waals surface area contributed by atoms with Crippen LogP contribution in [0.2, 0.25) is 5.02 Å². The number of amides is 2. The predicted molar refractivity (Wildman–Crippen MR) is 156 cm³/mol. The van der Waals surface area contributed by atoms with E-state index in [4.69, 9.17) is 25.8 Å². The van der Waals surface area contributed by atoms with Gasteiger partial charge in [0, 0.05) is 12.2 Å². The number of anilines is 1. The molecule has 0 spiro atoms. The Morgan fingerprint density at radius 2 is 1.82 bits per heavy atom. The second-order valence-corrected chi connectivity index (χ2v) is 9.63. The lowest BCUT2D eigenvalue weighted by molar-refractivity contribution is -0.122. The van der Waals surface area contributed by atoms with E-state index in [1.54, 1.807) is 42.4 Å². The Morgan fingerprint density at radius 3 is 2.49 bits per heavy atom. The Hall–Kier alpha value is -3.95. The predicted octanol–water partition coefficient (Wildman–Crippen LogP) is 6.39. The number of hydrogen-bond acceptors (Lipinski definition) is 7. The molecule has 0 aromatic heterocycles. The fraction of sp³-hybridized carbons (Fsp3) is 0.207. The standard InChI is InChI=1S/C29H28ClN3O5S/c1-4-33-28(35)25(39-29(33)32-21-11-13-22(36-3)14-12-21)17-19-15-23(30)27(24(16-19)37-5-2)38-18-26(34)31-20-9-7-6-8-10-20/h6-17H,4-5,18H2,1-3H3,(H,31,34)/b25-17+,32-29?. The van der Waals surface area contributed by atoms with Crippen LogP contribution in [0.3, 0.4) is 0 Å². The first-order valence-corrected chi connectivity index (χ1v) is 13.5. The number of para-hydroxylation sites is 1. The summed E-state index contributed by atoms with van der Waals surface area (Å²) in [6.45, 7) is 4.32. The van der Waals surface area contributed by atoms with Crippen molar-refractivity contribution >= 4 is 57.8 Å². The number of likely N-dealkylation sites (N-methyl/N-ethyl adjacent to an activating group) is 1. The summed E-state index contributed by atoms with van der Waals surface area (Å²) in [7, 11) is 1.60. The largest absolute Gasteiger partial charge is 0.497 e. The minimum Gasteiger partial charge on any atom is -0.497 e. The van der Waals surface area contributed by atoms with Gasteiger partial charge < -0.3 is 19.5 Å². The van der Waals surface area contributed by atoms with Crippen LogP contribution in [0.1, 0.15) is 19.4 Å². The second kappa shape index (κ2) is 13.2. The van der Waals surface area contributed by atoms with Gasteiger partial charge in [-0.1, -0.05) is 29.8 Å². The van der Waals surface area contributed by atoms with Gasteiger partial charge >= 0.3 is 0 Å². The quantitative estimate of drug-likeness (QED) is 0.287. The van der Waals surface area contributed by atoms with Crippen molar-refractivity contribution in [2.75, 3.05) is 32.2 Å². The molecule has 1 saturated heterocycles. The molecular weight excluding hydrogens is 538 g/mol. The first kappa shape index (κ1) is 28.1. The molecule has 1 N–H and O–H groups in total. The lowest BCUT2D eigenvalue weighted by Crippen LogP contribution is -2.28. The van der Waals surface area contributed by atoms with Gasteiger partial charge in [0.15, 0.2) is 23.3 Å². The Kier molecular flexibility index (Phi) is 9.51. The molecule has 10 heteroatoms. The van der Waals surface area contributed by atoms with Crippen molar-refractivity contribution in [3.63, 3.8) is 0 Å². The number of rotatable bonds is 10. The van der Waals surface area contributed by atoms with E-state index in [-0.39, 0.29) is 29.2 Å². The number of amidine groups is 1. The molecule has 39 heavy (non-hydrogen) atoms. The minimum absolute atomic E-state index is 0.151. The summed E-state index contributed by atoms with van der Waals surface area (Å²) in [4.78, 5) is 32.3. The van der Waals surface area contributed by atoms with Gasteiger partial charge in [-0.3, -0.25) is 14.5 Å². The van der Waals surface area contributed by atoms with Crippen LogP contribution in [-0.4, -0.2) is 48.8 Å². The van der Waals surface area contributed by atoms with E-state index in [1.165, 1.54) is 11.8 Å². The molecule has 3 aromatic rings. The van der Waals surface area contributed by atoms with E-state index in [0.29, 0.717) is 45.9 Å². The number of nitrogens with one attached hydrogen (secondary N) is 1. The fourth-order valence-corrected chi connectivity index (χ4v) is 5.06. The summed E-state index contributed by atoms with van der Waals surface area (Å²) < 4.78 is 16.7. The normalized spacial score (nSPS) is 15.1. The highest BCUT2D eigenvalue weighted by Gasteiger charge is 2.32. The summed E-state index contributed by atoms with van der Waals surface area (Å²) in [6, 6.07) is 19.8. The number of halogens is 1. The van der Waals surface area contributed by atoms with Crippen LogP contribution < -0.4 is 19.5 Å². The molecule has 0 aliphatic carbocycles. The van der Waals surface area contributed by atoms with Gasteiger partial charge in [0.25, 0.3) is 11.8 Å². The van der Waals surface area contributed by atoms with E-state index >= 15 is 0 Å². The molecule has 2 amide bonds. The Balaban J connectivity index is 1.54. The summed E-state index contributed by atoms with van der Waals surface area (Å²) in [6.07, 6.45) is 1.74. The van der Waals surface area contributed by atoms with Crippen molar-refractivity contribution in [3.8, 4) is 17.2 Å². The highest BCUT2D eigenvalue weighted by molar-refractivity contribution is 8.18. The average Bonchev–Trinajstić information content (AvgIpc) is 3.22. The maximum absolute atomic E-state index is 13.1. The van der Waals surface area contributed by atoms with Crippen molar-refractivity contribution in [1.82, 2.24) is 4.90 Å². The van der Waals surface area contributed by atoms with Crippen LogP contribution in [0, 0.1) is 0 Å². The maximum Gasteiger partial charge on any atom is 0.266 e. The minimum atomic E-state index is -0.331. The molecule has 0 radical (unpaired) electrons. The lowest BCUT2D eigenvalue weighted by atomic mass is 10.1. The Bertz CT molecular complexity index is 1390. The molecule has 0 saturated carbocycles. The van der Waals surface area contributed by atoms with Crippen molar-refractivity contribution < 1.29 is 23.8 Å². The smallest absolute Gasteiger partial charge is 0.266 e. The Labute approximate surface area is 236 Å². The third-order valence-corrected chi connectivity index (χ3v) is 6.82. The number of ether oxygens (including phenoxy) is 3. The van der Waals surface area contributed by atoms with E-state index in [1.807, 2.05) is 56.3 Å². The topological polar surface area (TPSA) is 89.5 Å². The molecule has 4 rings (SSSR count). The van der Waals surface area contributed by atoms with Crippen molar-refractivity contribution in [1.29, 1.82) is 0 Å². The number of hydrogen-bond donors (Lipinski definition) is 1. The molecule has 0 bridgehead atoms. The van der Waals surface area contributed by atoms with Crippen molar-refractivity contribution in [2.24, 2.45) is 4.99 Å². The fourth-order valence-electron chi connectivity index (χ4n) is 3.72. The zero-order valence-electron chi connectivity index (χ0n) is 21.8. The molecule has 0 atom stereocenters. The summed E-state index contributed by atoms with van der Waals surface area (Å²) in [5, 5.41) is 3.61. The highest BCUT2D eigenvalue weighted by Crippen LogP contribution is 2.39. The van der Waals surface area contributed by atoms with Gasteiger partial charge in [0.2, 0.25) is 0 Å². The van der Waals surface area contributed by atoms with Crippen LogP contribution in [0.5, 0.6) is 17.2 Å². The van der Waals surface area contributed by atoms with Crippen LogP contribution in [0.15, 0.2) is 76.6 Å². The molecule has 1 heterocycles. The summed E-state index contributed by atoms with van der Waals surface area (Å²) in [5.41, 5.74) is 2.03. The number of carbonyl (C=O) groups excluding carboxylic acids is 2. The molecule has 3 aromatic carbocycles. The van der Waals surface area contributed by atoms with E-state index in [2.05, 4.69) is 10.3 Å². The van der Waals surface area contributed by atoms with E-state index in [0.717, 1.165) is 5.75 Å². The molecule has 8 nitrogen and oxygen atoms in total. The van der Waals surface area contributed by atoms with Crippen LogP contribution in [0.4, 0.5) is 11.4 Å². The lowest BCUT2D eigenvalue weighted by Gasteiger charge is -2.14. The van der Waals surface area contributed by atoms with Crippen LogP contribution in [0.25, 0.3) is 6.08 Å². The zero-order valence-corrected chi connectivity index (χ0v) is 23.3. The summed E-state index contributed by atoms with van der Waals surface area (Å²) >= 11 is 7.83. The third kappa shape index (κ3) is 7.13. The first-order chi connectivity index (χ1) is 18.9. The van der Waals surface area contributed by atoms with Crippen molar-refractivity contribution in [2.45, 2.75) is 13.8 Å². The number of aliphatic imine (C=N–C) groups is 1. The van der Waals surface area contributed by atoms with Gasteiger partial charge in [0.05, 0.1) is 29.3 Å². The molecule has 0 unspecified atom stereocenters. The van der Waals surface area contributed by atoms with E-state index in [9.17, 15) is 9.59 Å². The number of nitrogens with zero attached hydrogens (tertiary/aromatic N) is 2. The number of thioether (sulfide) groups is 1. The third-order valence-electron chi connectivity index (χ3n) is 5.54.